The van der Waals surface area contributed by atoms with Crippen LogP contribution in [0.2, 0.25) is 0 Å². The van der Waals surface area contributed by atoms with Gasteiger partial charge in [0.25, 0.3) is 0 Å². The molecule has 2 fully saturated rings. The molecular formula is C20H30O3. The molecule has 2 aliphatic rings. The molecule has 1 atom stereocenters. The molecule has 1 aromatic rings. The molecule has 1 aliphatic carbocycles. The first-order chi connectivity index (χ1) is 11.0. The summed E-state index contributed by atoms with van der Waals surface area (Å²) in [5.74, 6) is 0.812. The quantitative estimate of drug-likeness (QED) is 0.869. The van der Waals surface area contributed by atoms with Gasteiger partial charge in [0.2, 0.25) is 0 Å². The van der Waals surface area contributed by atoms with Gasteiger partial charge in [0, 0.05) is 6.42 Å². The zero-order valence-corrected chi connectivity index (χ0v) is 14.5. The molecule has 1 heterocycles. The number of benzene rings is 1. The van der Waals surface area contributed by atoms with E-state index < -0.39 is 5.60 Å². The molecule has 23 heavy (non-hydrogen) atoms. The van der Waals surface area contributed by atoms with E-state index in [1.165, 1.54) is 6.42 Å². The van der Waals surface area contributed by atoms with Crippen LogP contribution in [0.1, 0.15) is 70.8 Å². The third-order valence-electron chi connectivity index (χ3n) is 5.91. The summed E-state index contributed by atoms with van der Waals surface area (Å²) >= 11 is 0. The smallest absolute Gasteiger partial charge is 0.199 e. The lowest BCUT2D eigenvalue weighted by molar-refractivity contribution is -0.106. The van der Waals surface area contributed by atoms with E-state index in [4.69, 9.17) is 9.47 Å². The van der Waals surface area contributed by atoms with E-state index in [2.05, 4.69) is 13.8 Å². The van der Waals surface area contributed by atoms with Crippen molar-refractivity contribution in [3.8, 4) is 5.75 Å². The zero-order valence-electron chi connectivity index (χ0n) is 14.5. The Balaban J connectivity index is 1.69. The largest absolute Gasteiger partial charge is 0.465 e. The molecule has 1 aromatic carbocycles. The van der Waals surface area contributed by atoms with Crippen molar-refractivity contribution in [3.05, 3.63) is 29.8 Å². The molecule has 0 aromatic heterocycles. The van der Waals surface area contributed by atoms with Crippen LogP contribution in [0.15, 0.2) is 24.3 Å². The number of aliphatic hydroxyl groups is 1. The molecule has 0 spiro atoms. The summed E-state index contributed by atoms with van der Waals surface area (Å²) in [4.78, 5) is 0. The van der Waals surface area contributed by atoms with Gasteiger partial charge in [-0.15, -0.1) is 0 Å². The van der Waals surface area contributed by atoms with Crippen molar-refractivity contribution in [2.75, 3.05) is 6.61 Å². The monoisotopic (exact) mass is 318 g/mol. The summed E-state index contributed by atoms with van der Waals surface area (Å²) in [6.45, 7) is 5.37. The number of ether oxygens (including phenoxy) is 2. The fraction of sp³-hybridized carbons (Fsp3) is 0.700. The number of rotatable bonds is 4. The van der Waals surface area contributed by atoms with E-state index in [1.54, 1.807) is 0 Å². The van der Waals surface area contributed by atoms with Crippen LogP contribution in [-0.2, 0) is 10.3 Å². The molecule has 0 amide bonds. The van der Waals surface area contributed by atoms with E-state index in [9.17, 15) is 5.11 Å². The Morgan fingerprint density at radius 2 is 2.00 bits per heavy atom. The summed E-state index contributed by atoms with van der Waals surface area (Å²) < 4.78 is 11.6. The van der Waals surface area contributed by atoms with Gasteiger partial charge < -0.3 is 14.6 Å². The molecule has 3 nitrogen and oxygen atoms in total. The predicted molar refractivity (Wildman–Crippen MR) is 91.4 cm³/mol. The lowest BCUT2D eigenvalue weighted by Crippen LogP contribution is -2.35. The van der Waals surface area contributed by atoms with Gasteiger partial charge in [0.15, 0.2) is 6.29 Å². The number of hydrogen-bond donors (Lipinski definition) is 1. The Bertz CT molecular complexity index is 511. The Labute approximate surface area is 140 Å². The fourth-order valence-electron chi connectivity index (χ4n) is 3.72. The van der Waals surface area contributed by atoms with E-state index in [-0.39, 0.29) is 6.29 Å². The van der Waals surface area contributed by atoms with Crippen LogP contribution in [0.25, 0.3) is 0 Å². The van der Waals surface area contributed by atoms with Gasteiger partial charge in [-0.2, -0.15) is 0 Å². The zero-order chi connectivity index (χ0) is 16.3. The number of hydrogen-bond acceptors (Lipinski definition) is 3. The first-order valence-electron chi connectivity index (χ1n) is 9.14. The molecule has 0 radical (unpaired) electrons. The van der Waals surface area contributed by atoms with Gasteiger partial charge in [0.1, 0.15) is 5.75 Å². The van der Waals surface area contributed by atoms with Crippen molar-refractivity contribution in [2.45, 2.75) is 77.1 Å². The minimum absolute atomic E-state index is 0.136. The van der Waals surface area contributed by atoms with Crippen molar-refractivity contribution in [2.24, 2.45) is 5.41 Å². The lowest BCUT2D eigenvalue weighted by atomic mass is 9.67. The highest BCUT2D eigenvalue weighted by molar-refractivity contribution is 5.33. The van der Waals surface area contributed by atoms with Crippen LogP contribution in [0.5, 0.6) is 5.75 Å². The van der Waals surface area contributed by atoms with Crippen LogP contribution < -0.4 is 4.74 Å². The Kier molecular flexibility index (Phi) is 4.98. The average Bonchev–Trinajstić information content (AvgIpc) is 2.59. The standard InChI is InChI=1S/C20H30O3/c1-3-19(2)10-12-20(21,13-11-19)16-7-6-8-17(15-16)23-18-9-4-5-14-22-18/h6-8,15,18,21H,3-5,9-14H2,1-2H3. The highest BCUT2D eigenvalue weighted by atomic mass is 16.7. The van der Waals surface area contributed by atoms with Gasteiger partial charge in [0.05, 0.1) is 12.2 Å². The van der Waals surface area contributed by atoms with Crippen LogP contribution in [0, 0.1) is 5.41 Å². The molecule has 1 saturated carbocycles. The van der Waals surface area contributed by atoms with Crippen LogP contribution in [-0.4, -0.2) is 18.0 Å². The Morgan fingerprint density at radius 3 is 2.65 bits per heavy atom. The maximum atomic E-state index is 11.1. The molecule has 128 valence electrons. The van der Waals surface area contributed by atoms with Gasteiger partial charge in [-0.3, -0.25) is 0 Å². The second-order valence-electron chi connectivity index (χ2n) is 7.64. The van der Waals surface area contributed by atoms with Crippen molar-refractivity contribution >= 4 is 0 Å². The van der Waals surface area contributed by atoms with Crippen molar-refractivity contribution in [1.29, 1.82) is 0 Å². The predicted octanol–water partition coefficient (Wildman–Crippen LogP) is 4.77. The van der Waals surface area contributed by atoms with Gasteiger partial charge in [-0.25, -0.2) is 0 Å². The van der Waals surface area contributed by atoms with Crippen LogP contribution in [0.3, 0.4) is 0 Å². The maximum Gasteiger partial charge on any atom is 0.199 e. The van der Waals surface area contributed by atoms with E-state index in [0.29, 0.717) is 5.41 Å². The molecular weight excluding hydrogens is 288 g/mol. The molecule has 3 rings (SSSR count). The topological polar surface area (TPSA) is 38.7 Å². The van der Waals surface area contributed by atoms with Crippen LogP contribution in [0.4, 0.5) is 0 Å². The highest BCUT2D eigenvalue weighted by Crippen LogP contribution is 2.47. The Morgan fingerprint density at radius 1 is 1.22 bits per heavy atom. The fourth-order valence-corrected chi connectivity index (χ4v) is 3.72. The van der Waals surface area contributed by atoms with E-state index >= 15 is 0 Å². The summed E-state index contributed by atoms with van der Waals surface area (Å²) in [5.41, 5.74) is 0.668. The first kappa shape index (κ1) is 16.8. The van der Waals surface area contributed by atoms with Crippen molar-refractivity contribution in [1.82, 2.24) is 0 Å². The van der Waals surface area contributed by atoms with E-state index in [1.807, 2.05) is 24.3 Å². The molecule has 1 N–H and O–H groups in total. The molecule has 1 aliphatic heterocycles. The second-order valence-corrected chi connectivity index (χ2v) is 7.64. The summed E-state index contributed by atoms with van der Waals surface area (Å²) in [6.07, 6.45) is 8.10. The molecule has 0 bridgehead atoms. The molecule has 1 unspecified atom stereocenters. The first-order valence-corrected chi connectivity index (χ1v) is 9.14. The van der Waals surface area contributed by atoms with E-state index in [0.717, 1.165) is 62.9 Å². The maximum absolute atomic E-state index is 11.1. The van der Waals surface area contributed by atoms with Gasteiger partial charge >= 0.3 is 0 Å². The average molecular weight is 318 g/mol. The van der Waals surface area contributed by atoms with Crippen molar-refractivity contribution < 1.29 is 14.6 Å². The third-order valence-corrected chi connectivity index (χ3v) is 5.91. The molecule has 1 saturated heterocycles. The van der Waals surface area contributed by atoms with Gasteiger partial charge in [-0.1, -0.05) is 32.4 Å². The van der Waals surface area contributed by atoms with Gasteiger partial charge in [-0.05, 0) is 61.6 Å². The minimum atomic E-state index is -0.707. The third kappa shape index (κ3) is 3.89. The molecule has 3 heteroatoms. The normalized spacial score (nSPS) is 35.0. The van der Waals surface area contributed by atoms with Crippen molar-refractivity contribution in [3.63, 3.8) is 0 Å². The van der Waals surface area contributed by atoms with Crippen LogP contribution >= 0.6 is 0 Å². The summed E-state index contributed by atoms with van der Waals surface area (Å²) in [6, 6.07) is 7.98. The SMILES string of the molecule is CCC1(C)CCC(O)(c2cccc(OC3CCCCO3)c2)CC1. The Hall–Kier alpha value is -1.06. The lowest BCUT2D eigenvalue weighted by Gasteiger charge is -2.42. The highest BCUT2D eigenvalue weighted by Gasteiger charge is 2.39. The summed E-state index contributed by atoms with van der Waals surface area (Å²) in [7, 11) is 0. The minimum Gasteiger partial charge on any atom is -0.465 e. The summed E-state index contributed by atoms with van der Waals surface area (Å²) in [5, 5.41) is 11.1. The second kappa shape index (κ2) is 6.82.